The number of carbonyl (C=O) groups excluding carboxylic acids is 1. The van der Waals surface area contributed by atoms with Gasteiger partial charge in [0, 0.05) is 16.7 Å². The number of hydrogen-bond acceptors (Lipinski definition) is 6. The molecule has 3 aromatic rings. The zero-order valence-corrected chi connectivity index (χ0v) is 19.3. The van der Waals surface area contributed by atoms with E-state index >= 15 is 0 Å². The van der Waals surface area contributed by atoms with Gasteiger partial charge in [-0.25, -0.2) is 4.79 Å². The van der Waals surface area contributed by atoms with Gasteiger partial charge in [-0.3, -0.25) is 0 Å². The Kier molecular flexibility index (Phi) is 6.39. The van der Waals surface area contributed by atoms with Gasteiger partial charge in [0.05, 0.1) is 28.6 Å². The number of esters is 1. The molecule has 0 bridgehead atoms. The normalized spacial score (nSPS) is 14.7. The number of ether oxygens (including phenoxy) is 3. The highest BCUT2D eigenvalue weighted by Gasteiger charge is 2.31. The van der Waals surface area contributed by atoms with Crippen LogP contribution in [0.2, 0.25) is 15.1 Å². The summed E-state index contributed by atoms with van der Waals surface area (Å²) in [5.74, 6) is -0.317. The van der Waals surface area contributed by atoms with E-state index in [1.165, 1.54) is 25.3 Å². The summed E-state index contributed by atoms with van der Waals surface area (Å²) in [7, 11) is 1.42. The van der Waals surface area contributed by atoms with Crippen molar-refractivity contribution in [1.29, 1.82) is 5.26 Å². The van der Waals surface area contributed by atoms with Crippen molar-refractivity contribution >= 4 is 40.8 Å². The van der Waals surface area contributed by atoms with E-state index in [4.69, 9.17) is 54.7 Å². The van der Waals surface area contributed by atoms with Crippen LogP contribution in [-0.4, -0.2) is 13.1 Å². The zero-order chi connectivity index (χ0) is 23.7. The van der Waals surface area contributed by atoms with Crippen molar-refractivity contribution in [3.8, 4) is 23.3 Å². The SMILES string of the molecule is COc1c(Cl)cc(C(=O)Oc2ccc3c(c2)OC(N)=C(C#N)C3c2ccc(Cl)cc2)cc1Cl. The topological polar surface area (TPSA) is 94.6 Å². The fraction of sp³-hybridized carbons (Fsp3) is 0.0833. The Morgan fingerprint density at radius 3 is 2.33 bits per heavy atom. The third-order valence-corrected chi connectivity index (χ3v) is 5.86. The fourth-order valence-electron chi connectivity index (χ4n) is 3.54. The second-order valence-electron chi connectivity index (χ2n) is 7.04. The van der Waals surface area contributed by atoms with Gasteiger partial charge in [-0.1, -0.05) is 53.0 Å². The standard InChI is InChI=1S/C24H15Cl3N2O4/c1-31-22-18(26)8-13(9-19(22)27)24(30)32-15-6-7-16-20(10-15)33-23(29)17(11-28)21(16)12-2-4-14(25)5-3-12/h2-10,21H,29H2,1H3. The van der Waals surface area contributed by atoms with Gasteiger partial charge in [-0.05, 0) is 35.9 Å². The number of halogens is 3. The number of allylic oxidation sites excluding steroid dienone is 1. The number of carbonyl (C=O) groups is 1. The third-order valence-electron chi connectivity index (χ3n) is 5.04. The number of benzene rings is 3. The maximum atomic E-state index is 12.7. The number of hydrogen-bond donors (Lipinski definition) is 1. The number of nitriles is 1. The summed E-state index contributed by atoms with van der Waals surface area (Å²) >= 11 is 18.2. The summed E-state index contributed by atoms with van der Waals surface area (Å²) in [6, 6.07) is 16.9. The molecule has 2 N–H and O–H groups in total. The quantitative estimate of drug-likeness (QED) is 0.343. The van der Waals surface area contributed by atoms with Crippen molar-refractivity contribution in [2.24, 2.45) is 5.73 Å². The van der Waals surface area contributed by atoms with Crippen LogP contribution in [0.3, 0.4) is 0 Å². The Hall–Kier alpha value is -3.37. The predicted octanol–water partition coefficient (Wildman–Crippen LogP) is 6.09. The minimum atomic E-state index is -0.673. The zero-order valence-electron chi connectivity index (χ0n) is 17.1. The summed E-state index contributed by atoms with van der Waals surface area (Å²) in [6.45, 7) is 0. The lowest BCUT2D eigenvalue weighted by Crippen LogP contribution is -2.21. The summed E-state index contributed by atoms with van der Waals surface area (Å²) in [5, 5.41) is 10.6. The molecule has 6 nitrogen and oxygen atoms in total. The molecule has 0 amide bonds. The van der Waals surface area contributed by atoms with Crippen molar-refractivity contribution < 1.29 is 19.0 Å². The highest BCUT2D eigenvalue weighted by atomic mass is 35.5. The average Bonchev–Trinajstić information content (AvgIpc) is 2.78. The first-order valence-corrected chi connectivity index (χ1v) is 10.7. The number of fused-ring (bicyclic) bond motifs is 1. The summed E-state index contributed by atoms with van der Waals surface area (Å²) in [6.07, 6.45) is 0. The smallest absolute Gasteiger partial charge is 0.343 e. The molecule has 1 atom stereocenters. The molecule has 0 radical (unpaired) electrons. The molecule has 33 heavy (non-hydrogen) atoms. The van der Waals surface area contributed by atoms with Crippen LogP contribution in [0.5, 0.6) is 17.2 Å². The van der Waals surface area contributed by atoms with Gasteiger partial charge in [0.2, 0.25) is 5.88 Å². The van der Waals surface area contributed by atoms with Gasteiger partial charge in [0.1, 0.15) is 23.1 Å². The molecular weight excluding hydrogens is 487 g/mol. The Balaban J connectivity index is 1.67. The predicted molar refractivity (Wildman–Crippen MR) is 125 cm³/mol. The van der Waals surface area contributed by atoms with Gasteiger partial charge in [-0.2, -0.15) is 5.26 Å². The molecular formula is C24H15Cl3N2O4. The second kappa shape index (κ2) is 9.24. The molecule has 0 fully saturated rings. The molecule has 1 aliphatic heterocycles. The molecule has 0 aliphatic carbocycles. The lowest BCUT2D eigenvalue weighted by molar-refractivity contribution is 0.0734. The van der Waals surface area contributed by atoms with Crippen LogP contribution in [-0.2, 0) is 0 Å². The first kappa shape index (κ1) is 22.8. The Morgan fingerprint density at radius 1 is 1.06 bits per heavy atom. The second-order valence-corrected chi connectivity index (χ2v) is 8.29. The summed E-state index contributed by atoms with van der Waals surface area (Å²) in [4.78, 5) is 12.7. The van der Waals surface area contributed by atoms with E-state index < -0.39 is 11.9 Å². The Labute approximate surface area is 204 Å². The monoisotopic (exact) mass is 500 g/mol. The summed E-state index contributed by atoms with van der Waals surface area (Å²) in [5.41, 5.74) is 7.96. The van der Waals surface area contributed by atoms with E-state index in [1.54, 1.807) is 24.3 Å². The van der Waals surface area contributed by atoms with E-state index in [-0.39, 0.29) is 38.6 Å². The van der Waals surface area contributed by atoms with Crippen LogP contribution in [0.1, 0.15) is 27.4 Å². The largest absolute Gasteiger partial charge is 0.494 e. The van der Waals surface area contributed by atoms with Crippen LogP contribution in [0.15, 0.2) is 66.1 Å². The molecule has 9 heteroatoms. The van der Waals surface area contributed by atoms with Crippen LogP contribution < -0.4 is 19.9 Å². The minimum absolute atomic E-state index is 0.0258. The number of rotatable bonds is 4. The van der Waals surface area contributed by atoms with E-state index in [2.05, 4.69) is 6.07 Å². The van der Waals surface area contributed by atoms with Crippen molar-refractivity contribution in [2.75, 3.05) is 7.11 Å². The van der Waals surface area contributed by atoms with Crippen LogP contribution >= 0.6 is 34.8 Å². The van der Waals surface area contributed by atoms with Gasteiger partial charge in [0.15, 0.2) is 5.75 Å². The van der Waals surface area contributed by atoms with E-state index in [1.807, 2.05) is 12.1 Å². The first-order valence-electron chi connectivity index (χ1n) is 9.54. The highest BCUT2D eigenvalue weighted by molar-refractivity contribution is 6.37. The van der Waals surface area contributed by atoms with Crippen molar-refractivity contribution in [2.45, 2.75) is 5.92 Å². The average molecular weight is 502 g/mol. The van der Waals surface area contributed by atoms with Crippen molar-refractivity contribution in [3.63, 3.8) is 0 Å². The van der Waals surface area contributed by atoms with Crippen molar-refractivity contribution in [1.82, 2.24) is 0 Å². The minimum Gasteiger partial charge on any atom is -0.494 e. The molecule has 3 aromatic carbocycles. The molecule has 1 unspecified atom stereocenters. The first-order chi connectivity index (χ1) is 15.8. The van der Waals surface area contributed by atoms with Gasteiger partial charge in [0.25, 0.3) is 0 Å². The Morgan fingerprint density at radius 2 is 1.73 bits per heavy atom. The maximum absolute atomic E-state index is 12.7. The molecule has 1 heterocycles. The molecule has 0 aromatic heterocycles. The molecule has 0 saturated heterocycles. The lowest BCUT2D eigenvalue weighted by Gasteiger charge is -2.26. The molecule has 4 rings (SSSR count). The number of nitrogens with two attached hydrogens (primary N) is 1. The van der Waals surface area contributed by atoms with E-state index in [9.17, 15) is 10.1 Å². The third kappa shape index (κ3) is 4.44. The van der Waals surface area contributed by atoms with Crippen LogP contribution in [0.4, 0.5) is 0 Å². The van der Waals surface area contributed by atoms with Crippen LogP contribution in [0, 0.1) is 11.3 Å². The lowest BCUT2D eigenvalue weighted by atomic mass is 9.83. The number of nitrogens with zero attached hydrogens (tertiary/aromatic N) is 1. The maximum Gasteiger partial charge on any atom is 0.343 e. The Bertz CT molecular complexity index is 1310. The summed E-state index contributed by atoms with van der Waals surface area (Å²) < 4.78 is 16.2. The van der Waals surface area contributed by atoms with E-state index in [0.29, 0.717) is 16.3 Å². The van der Waals surface area contributed by atoms with Gasteiger partial charge >= 0.3 is 5.97 Å². The van der Waals surface area contributed by atoms with Crippen molar-refractivity contribution in [3.05, 3.63) is 97.8 Å². The highest BCUT2D eigenvalue weighted by Crippen LogP contribution is 2.43. The molecule has 0 saturated carbocycles. The van der Waals surface area contributed by atoms with Gasteiger partial charge in [-0.15, -0.1) is 0 Å². The fourth-order valence-corrected chi connectivity index (χ4v) is 4.30. The molecule has 0 spiro atoms. The van der Waals surface area contributed by atoms with Gasteiger partial charge < -0.3 is 19.9 Å². The van der Waals surface area contributed by atoms with Crippen LogP contribution in [0.25, 0.3) is 0 Å². The molecule has 166 valence electrons. The number of methoxy groups -OCH3 is 1. The molecule has 1 aliphatic rings. The van der Waals surface area contributed by atoms with E-state index in [0.717, 1.165) is 5.56 Å².